The lowest BCUT2D eigenvalue weighted by Gasteiger charge is -2.08. The first kappa shape index (κ1) is 18.1. The summed E-state index contributed by atoms with van der Waals surface area (Å²) in [4.78, 5) is 10.6. The predicted molar refractivity (Wildman–Crippen MR) is 71.6 cm³/mol. The molecule has 0 rings (SSSR count). The number of primary amides is 1. The minimum Gasteiger partial charge on any atom is -0.370 e. The standard InChI is InChI=1S/C12H26N2O.ClH/c1-2-3-4-5-6-7-8-9-11(13)10-12(14)15;/h11H,2-10,13H2,1H3,(H2,14,15);1H/t11-;/m0./s1. The third-order valence-electron chi connectivity index (χ3n) is 2.64. The van der Waals surface area contributed by atoms with E-state index in [1.54, 1.807) is 0 Å². The van der Waals surface area contributed by atoms with E-state index in [9.17, 15) is 4.79 Å². The highest BCUT2D eigenvalue weighted by Crippen LogP contribution is 2.09. The van der Waals surface area contributed by atoms with Crippen molar-refractivity contribution in [2.75, 3.05) is 0 Å². The van der Waals surface area contributed by atoms with Crippen molar-refractivity contribution in [3.63, 3.8) is 0 Å². The molecule has 0 heterocycles. The number of unbranched alkanes of at least 4 members (excludes halogenated alkanes) is 6. The normalized spacial score (nSPS) is 11.9. The lowest BCUT2D eigenvalue weighted by molar-refractivity contribution is -0.118. The highest BCUT2D eigenvalue weighted by Gasteiger charge is 2.05. The topological polar surface area (TPSA) is 69.1 Å². The van der Waals surface area contributed by atoms with Gasteiger partial charge in [0.25, 0.3) is 0 Å². The molecular formula is C12H27ClN2O. The zero-order valence-corrected chi connectivity index (χ0v) is 11.2. The maximum atomic E-state index is 10.6. The number of carbonyl (C=O) groups is 1. The van der Waals surface area contributed by atoms with E-state index in [1.165, 1.54) is 38.5 Å². The number of hydrogen-bond donors (Lipinski definition) is 2. The van der Waals surface area contributed by atoms with Gasteiger partial charge in [0.15, 0.2) is 0 Å². The van der Waals surface area contributed by atoms with Crippen molar-refractivity contribution in [1.82, 2.24) is 0 Å². The van der Waals surface area contributed by atoms with Crippen molar-refractivity contribution in [2.24, 2.45) is 11.5 Å². The molecule has 0 bridgehead atoms. The van der Waals surface area contributed by atoms with Crippen molar-refractivity contribution < 1.29 is 4.79 Å². The Morgan fingerprint density at radius 3 is 2.06 bits per heavy atom. The first-order chi connectivity index (χ1) is 7.16. The molecule has 1 atom stereocenters. The van der Waals surface area contributed by atoms with Gasteiger partial charge in [0.05, 0.1) is 0 Å². The van der Waals surface area contributed by atoms with Gasteiger partial charge in [0.2, 0.25) is 5.91 Å². The minimum atomic E-state index is -0.287. The average Bonchev–Trinajstić information content (AvgIpc) is 2.15. The molecule has 0 aliphatic heterocycles. The van der Waals surface area contributed by atoms with Crippen LogP contribution in [-0.2, 0) is 4.79 Å². The Hall–Kier alpha value is -0.280. The number of halogens is 1. The second-order valence-electron chi connectivity index (χ2n) is 4.34. The molecule has 0 aromatic rings. The van der Waals surface area contributed by atoms with Gasteiger partial charge in [-0.15, -0.1) is 12.4 Å². The SMILES string of the molecule is CCCCCCCCC[C@H](N)CC(N)=O.Cl. The van der Waals surface area contributed by atoms with Crippen molar-refractivity contribution in [1.29, 1.82) is 0 Å². The van der Waals surface area contributed by atoms with Crippen LogP contribution in [0.5, 0.6) is 0 Å². The molecule has 16 heavy (non-hydrogen) atoms. The zero-order chi connectivity index (χ0) is 11.5. The highest BCUT2D eigenvalue weighted by atomic mass is 35.5. The van der Waals surface area contributed by atoms with Gasteiger partial charge in [0, 0.05) is 12.5 Å². The van der Waals surface area contributed by atoms with Crippen LogP contribution in [0.4, 0.5) is 0 Å². The fourth-order valence-electron chi connectivity index (χ4n) is 1.72. The molecule has 0 saturated carbocycles. The third-order valence-corrected chi connectivity index (χ3v) is 2.64. The molecule has 0 aromatic carbocycles. The maximum absolute atomic E-state index is 10.6. The molecule has 0 aliphatic rings. The third kappa shape index (κ3) is 13.7. The van der Waals surface area contributed by atoms with E-state index in [0.717, 1.165) is 12.8 Å². The average molecular weight is 251 g/mol. The summed E-state index contributed by atoms with van der Waals surface area (Å²) in [5, 5.41) is 0. The summed E-state index contributed by atoms with van der Waals surface area (Å²) in [6.45, 7) is 2.23. The van der Waals surface area contributed by atoms with E-state index >= 15 is 0 Å². The van der Waals surface area contributed by atoms with Gasteiger partial charge in [-0.3, -0.25) is 4.79 Å². The van der Waals surface area contributed by atoms with Crippen molar-refractivity contribution in [3.8, 4) is 0 Å². The van der Waals surface area contributed by atoms with E-state index in [4.69, 9.17) is 11.5 Å². The minimum absolute atomic E-state index is 0. The van der Waals surface area contributed by atoms with Gasteiger partial charge in [-0.25, -0.2) is 0 Å². The molecule has 4 N–H and O–H groups in total. The molecule has 1 amide bonds. The molecule has 0 unspecified atom stereocenters. The Morgan fingerprint density at radius 1 is 1.06 bits per heavy atom. The lowest BCUT2D eigenvalue weighted by atomic mass is 10.0. The molecule has 98 valence electrons. The van der Waals surface area contributed by atoms with E-state index in [1.807, 2.05) is 0 Å². The number of hydrogen-bond acceptors (Lipinski definition) is 2. The number of amides is 1. The number of carbonyl (C=O) groups excluding carboxylic acids is 1. The molecule has 0 radical (unpaired) electrons. The van der Waals surface area contributed by atoms with Crippen molar-refractivity contribution in [3.05, 3.63) is 0 Å². The number of rotatable bonds is 10. The highest BCUT2D eigenvalue weighted by molar-refractivity contribution is 5.85. The zero-order valence-electron chi connectivity index (χ0n) is 10.4. The second-order valence-corrected chi connectivity index (χ2v) is 4.34. The van der Waals surface area contributed by atoms with E-state index in [-0.39, 0.29) is 24.4 Å². The molecule has 0 aliphatic carbocycles. The molecule has 3 nitrogen and oxygen atoms in total. The van der Waals surface area contributed by atoms with E-state index in [0.29, 0.717) is 6.42 Å². The molecule has 0 saturated heterocycles. The van der Waals surface area contributed by atoms with Crippen molar-refractivity contribution in [2.45, 2.75) is 70.8 Å². The van der Waals surface area contributed by atoms with Crippen LogP contribution in [0.15, 0.2) is 0 Å². The quantitative estimate of drug-likeness (QED) is 0.586. The molecular weight excluding hydrogens is 224 g/mol. The summed E-state index contributed by atoms with van der Waals surface area (Å²) in [5.74, 6) is -0.287. The predicted octanol–water partition coefficient (Wildman–Crippen LogP) is 2.75. The van der Waals surface area contributed by atoms with Gasteiger partial charge < -0.3 is 11.5 Å². The summed E-state index contributed by atoms with van der Waals surface area (Å²) in [6.07, 6.45) is 10.2. The lowest BCUT2D eigenvalue weighted by Crippen LogP contribution is -2.27. The Balaban J connectivity index is 0. The summed E-state index contributed by atoms with van der Waals surface area (Å²) >= 11 is 0. The maximum Gasteiger partial charge on any atom is 0.218 e. The Kier molecular flexibility index (Phi) is 14.5. The van der Waals surface area contributed by atoms with Gasteiger partial charge in [-0.05, 0) is 6.42 Å². The number of nitrogens with two attached hydrogens (primary N) is 2. The summed E-state index contributed by atoms with van der Waals surface area (Å²) in [6, 6.07) is -0.0295. The fourth-order valence-corrected chi connectivity index (χ4v) is 1.72. The van der Waals surface area contributed by atoms with Gasteiger partial charge in [0.1, 0.15) is 0 Å². The summed E-state index contributed by atoms with van der Waals surface area (Å²) in [7, 11) is 0. The Morgan fingerprint density at radius 2 is 1.56 bits per heavy atom. The molecule has 0 aromatic heterocycles. The van der Waals surface area contributed by atoms with Crippen LogP contribution in [0.3, 0.4) is 0 Å². The van der Waals surface area contributed by atoms with Crippen LogP contribution in [0.2, 0.25) is 0 Å². The van der Waals surface area contributed by atoms with Crippen LogP contribution >= 0.6 is 12.4 Å². The van der Waals surface area contributed by atoms with Crippen LogP contribution in [-0.4, -0.2) is 11.9 Å². The Labute approximate surface area is 106 Å². The first-order valence-corrected chi connectivity index (χ1v) is 6.20. The van der Waals surface area contributed by atoms with Crippen LogP contribution in [0, 0.1) is 0 Å². The van der Waals surface area contributed by atoms with Crippen LogP contribution < -0.4 is 11.5 Å². The largest absolute Gasteiger partial charge is 0.370 e. The first-order valence-electron chi connectivity index (χ1n) is 6.20. The van der Waals surface area contributed by atoms with Gasteiger partial charge in [-0.2, -0.15) is 0 Å². The molecule has 0 fully saturated rings. The van der Waals surface area contributed by atoms with E-state index in [2.05, 4.69) is 6.92 Å². The van der Waals surface area contributed by atoms with Crippen molar-refractivity contribution >= 4 is 18.3 Å². The van der Waals surface area contributed by atoms with Crippen LogP contribution in [0.25, 0.3) is 0 Å². The monoisotopic (exact) mass is 250 g/mol. The van der Waals surface area contributed by atoms with Gasteiger partial charge >= 0.3 is 0 Å². The van der Waals surface area contributed by atoms with Crippen LogP contribution in [0.1, 0.15) is 64.7 Å². The van der Waals surface area contributed by atoms with E-state index < -0.39 is 0 Å². The smallest absolute Gasteiger partial charge is 0.218 e. The Bertz CT molecular complexity index is 165. The molecule has 0 spiro atoms. The fraction of sp³-hybridized carbons (Fsp3) is 0.917. The summed E-state index contributed by atoms with van der Waals surface area (Å²) in [5.41, 5.74) is 10.8. The molecule has 4 heteroatoms. The second kappa shape index (κ2) is 12.8. The van der Waals surface area contributed by atoms with Gasteiger partial charge in [-0.1, -0.05) is 51.9 Å². The summed E-state index contributed by atoms with van der Waals surface area (Å²) < 4.78 is 0.